The van der Waals surface area contributed by atoms with E-state index in [1.54, 1.807) is 16.8 Å². The minimum absolute atomic E-state index is 0.233. The summed E-state index contributed by atoms with van der Waals surface area (Å²) in [7, 11) is 0. The van der Waals surface area contributed by atoms with E-state index in [-0.39, 0.29) is 12.4 Å². The largest absolute Gasteiger partial charge is 0.454 e. The lowest BCUT2D eigenvalue weighted by molar-refractivity contribution is -0.136. The molecule has 0 aliphatic carbocycles. The number of halogens is 1. The van der Waals surface area contributed by atoms with Crippen molar-refractivity contribution < 1.29 is 14.3 Å². The van der Waals surface area contributed by atoms with Crippen molar-refractivity contribution in [2.24, 2.45) is 0 Å². The molecule has 0 unspecified atom stereocenters. The fraction of sp³-hybridized carbons (Fsp3) is 0.208. The molecular formula is C24H23ClN2O3. The molecule has 0 N–H and O–H groups in total. The maximum Gasteiger partial charge on any atom is 0.331 e. The third-order valence-electron chi connectivity index (χ3n) is 4.71. The van der Waals surface area contributed by atoms with Crippen LogP contribution in [0, 0.1) is 20.8 Å². The third-order valence-corrected chi connectivity index (χ3v) is 5.11. The average Bonchev–Trinajstić information content (AvgIpc) is 2.99. The molecule has 1 aromatic heterocycles. The predicted octanol–water partition coefficient (Wildman–Crippen LogP) is 4.95. The van der Waals surface area contributed by atoms with Crippen LogP contribution < -0.4 is 0 Å². The van der Waals surface area contributed by atoms with E-state index in [1.807, 2.05) is 63.2 Å². The Morgan fingerprint density at radius 1 is 1.10 bits per heavy atom. The quantitative estimate of drug-likeness (QED) is 0.307. The van der Waals surface area contributed by atoms with Crippen molar-refractivity contribution >= 4 is 29.4 Å². The number of ketones is 1. The minimum Gasteiger partial charge on any atom is -0.454 e. The number of hydrogen-bond donors (Lipinski definition) is 0. The fourth-order valence-corrected chi connectivity index (χ4v) is 3.37. The van der Waals surface area contributed by atoms with Gasteiger partial charge in [-0.1, -0.05) is 59.6 Å². The van der Waals surface area contributed by atoms with Crippen LogP contribution in [0.3, 0.4) is 0 Å². The van der Waals surface area contributed by atoms with Crippen LogP contribution in [0.15, 0.2) is 54.6 Å². The van der Waals surface area contributed by atoms with E-state index in [1.165, 1.54) is 6.08 Å². The van der Waals surface area contributed by atoms with Crippen molar-refractivity contribution in [2.75, 3.05) is 6.61 Å². The van der Waals surface area contributed by atoms with Crippen molar-refractivity contribution in [3.05, 3.63) is 93.3 Å². The van der Waals surface area contributed by atoms with Crippen molar-refractivity contribution in [3.63, 3.8) is 0 Å². The van der Waals surface area contributed by atoms with Crippen LogP contribution in [0.1, 0.15) is 38.3 Å². The summed E-state index contributed by atoms with van der Waals surface area (Å²) in [6, 6.07) is 15.5. The van der Waals surface area contributed by atoms with Gasteiger partial charge in [0.05, 0.1) is 12.2 Å². The molecule has 5 nitrogen and oxygen atoms in total. The van der Waals surface area contributed by atoms with Gasteiger partial charge in [0.2, 0.25) is 5.78 Å². The van der Waals surface area contributed by atoms with Crippen LogP contribution in [-0.2, 0) is 16.1 Å². The van der Waals surface area contributed by atoms with Crippen molar-refractivity contribution in [1.29, 1.82) is 0 Å². The summed E-state index contributed by atoms with van der Waals surface area (Å²) in [5, 5.41) is 4.88. The number of aromatic nitrogens is 2. The van der Waals surface area contributed by atoms with Crippen LogP contribution in [0.5, 0.6) is 0 Å². The molecule has 0 amide bonds. The number of esters is 1. The van der Waals surface area contributed by atoms with E-state index >= 15 is 0 Å². The number of benzene rings is 2. The Balaban J connectivity index is 1.63. The lowest BCUT2D eigenvalue weighted by Gasteiger charge is -2.06. The summed E-state index contributed by atoms with van der Waals surface area (Å²) >= 11 is 6.45. The molecule has 30 heavy (non-hydrogen) atoms. The molecule has 0 saturated heterocycles. The highest BCUT2D eigenvalue weighted by atomic mass is 35.5. The molecule has 0 aliphatic rings. The molecule has 2 aromatic carbocycles. The number of ether oxygens (including phenoxy) is 1. The van der Waals surface area contributed by atoms with E-state index in [0.29, 0.717) is 28.5 Å². The first kappa shape index (κ1) is 21.5. The number of rotatable bonds is 7. The summed E-state index contributed by atoms with van der Waals surface area (Å²) in [4.78, 5) is 24.4. The first-order valence-corrected chi connectivity index (χ1v) is 9.95. The Morgan fingerprint density at radius 3 is 2.57 bits per heavy atom. The molecule has 1 heterocycles. The standard InChI is InChI=1S/C24H23ClN2O3/c1-16-9-10-17(2)21(13-16)22(28)15-30-23(29)12-11-20-18(3)26-27(24(20)25)14-19-7-5-4-6-8-19/h4-13H,14-15H2,1-3H3. The van der Waals surface area contributed by atoms with Crippen molar-refractivity contribution in [1.82, 2.24) is 9.78 Å². The fourth-order valence-electron chi connectivity index (χ4n) is 3.07. The van der Waals surface area contributed by atoms with Gasteiger partial charge in [0, 0.05) is 17.2 Å². The highest BCUT2D eigenvalue weighted by molar-refractivity contribution is 6.31. The van der Waals surface area contributed by atoms with E-state index in [9.17, 15) is 9.59 Å². The van der Waals surface area contributed by atoms with Gasteiger partial charge in [-0.15, -0.1) is 0 Å². The number of carbonyl (C=O) groups is 2. The first-order valence-electron chi connectivity index (χ1n) is 9.57. The van der Waals surface area contributed by atoms with Crippen LogP contribution in [-0.4, -0.2) is 28.1 Å². The molecule has 3 rings (SSSR count). The van der Waals surface area contributed by atoms with Gasteiger partial charge in [-0.2, -0.15) is 5.10 Å². The Hall–Kier alpha value is -3.18. The summed E-state index contributed by atoms with van der Waals surface area (Å²) in [6.07, 6.45) is 2.83. The van der Waals surface area contributed by atoms with E-state index in [4.69, 9.17) is 16.3 Å². The zero-order chi connectivity index (χ0) is 21.7. The summed E-state index contributed by atoms with van der Waals surface area (Å²) < 4.78 is 6.79. The normalized spacial score (nSPS) is 11.1. The predicted molar refractivity (Wildman–Crippen MR) is 118 cm³/mol. The molecule has 3 aromatic rings. The SMILES string of the molecule is Cc1ccc(C)c(C(=O)COC(=O)C=Cc2c(C)nn(Cc3ccccc3)c2Cl)c1. The Labute approximate surface area is 180 Å². The zero-order valence-electron chi connectivity index (χ0n) is 17.2. The molecule has 0 spiro atoms. The second-order valence-electron chi connectivity index (χ2n) is 7.12. The number of aryl methyl sites for hydroxylation is 3. The minimum atomic E-state index is -0.611. The average molecular weight is 423 g/mol. The lowest BCUT2D eigenvalue weighted by Crippen LogP contribution is -2.13. The van der Waals surface area contributed by atoms with Gasteiger partial charge >= 0.3 is 5.97 Å². The van der Waals surface area contributed by atoms with Gasteiger partial charge < -0.3 is 4.74 Å². The van der Waals surface area contributed by atoms with Crippen LogP contribution in [0.25, 0.3) is 6.08 Å². The smallest absolute Gasteiger partial charge is 0.331 e. The molecule has 0 fully saturated rings. The molecule has 154 valence electrons. The topological polar surface area (TPSA) is 61.2 Å². The van der Waals surface area contributed by atoms with Gasteiger partial charge in [0.15, 0.2) is 6.61 Å². The highest BCUT2D eigenvalue weighted by Gasteiger charge is 2.14. The van der Waals surface area contributed by atoms with E-state index in [0.717, 1.165) is 16.7 Å². The third kappa shape index (κ3) is 5.24. The van der Waals surface area contributed by atoms with Gasteiger partial charge in [-0.25, -0.2) is 9.48 Å². The molecule has 0 bridgehead atoms. The van der Waals surface area contributed by atoms with Gasteiger partial charge in [-0.3, -0.25) is 4.79 Å². The highest BCUT2D eigenvalue weighted by Crippen LogP contribution is 2.22. The summed E-state index contributed by atoms with van der Waals surface area (Å²) in [6.45, 7) is 5.81. The van der Waals surface area contributed by atoms with E-state index in [2.05, 4.69) is 5.10 Å². The Bertz CT molecular complexity index is 1100. The number of Topliss-reactive ketones (excluding diaryl/α,β-unsaturated/α-hetero) is 1. The number of nitrogens with zero attached hydrogens (tertiary/aromatic N) is 2. The number of hydrogen-bond acceptors (Lipinski definition) is 4. The molecule has 0 aliphatic heterocycles. The maximum absolute atomic E-state index is 12.3. The summed E-state index contributed by atoms with van der Waals surface area (Å²) in [5.41, 5.74) is 4.81. The van der Waals surface area contributed by atoms with Crippen molar-refractivity contribution in [2.45, 2.75) is 27.3 Å². The van der Waals surface area contributed by atoms with Crippen LogP contribution >= 0.6 is 11.6 Å². The Morgan fingerprint density at radius 2 is 1.83 bits per heavy atom. The van der Waals surface area contributed by atoms with Crippen LogP contribution in [0.4, 0.5) is 0 Å². The zero-order valence-corrected chi connectivity index (χ0v) is 17.9. The molecule has 0 radical (unpaired) electrons. The molecule has 0 saturated carbocycles. The molecular weight excluding hydrogens is 400 g/mol. The summed E-state index contributed by atoms with van der Waals surface area (Å²) in [5.74, 6) is -0.845. The van der Waals surface area contributed by atoms with Gasteiger partial charge in [-0.05, 0) is 44.0 Å². The second kappa shape index (κ2) is 9.55. The lowest BCUT2D eigenvalue weighted by atomic mass is 10.0. The van der Waals surface area contributed by atoms with Gasteiger partial charge in [0.1, 0.15) is 5.15 Å². The Kier molecular flexibility index (Phi) is 6.85. The van der Waals surface area contributed by atoms with Crippen LogP contribution in [0.2, 0.25) is 5.15 Å². The molecule has 6 heteroatoms. The van der Waals surface area contributed by atoms with Crippen molar-refractivity contribution in [3.8, 4) is 0 Å². The maximum atomic E-state index is 12.3. The van der Waals surface area contributed by atoms with E-state index < -0.39 is 5.97 Å². The second-order valence-corrected chi connectivity index (χ2v) is 7.47. The first-order chi connectivity index (χ1) is 14.3. The molecule has 0 atom stereocenters. The number of carbonyl (C=O) groups excluding carboxylic acids is 2. The van der Waals surface area contributed by atoms with Gasteiger partial charge in [0.25, 0.3) is 0 Å². The monoisotopic (exact) mass is 422 g/mol.